The van der Waals surface area contributed by atoms with Gasteiger partial charge in [0.25, 0.3) is 0 Å². The van der Waals surface area contributed by atoms with Crippen molar-refractivity contribution in [3.63, 3.8) is 0 Å². The molecule has 0 aromatic carbocycles. The smallest absolute Gasteiger partial charge is 0.00195 e. The largest absolute Gasteiger partial charge is 0.330 e. The average molecular weight is 170 g/mol. The molecule has 1 aliphatic rings. The third-order valence-corrected chi connectivity index (χ3v) is 3.18. The Morgan fingerprint density at radius 3 is 2.25 bits per heavy atom. The highest BCUT2D eigenvalue weighted by atomic mass is 15.0. The number of hydrogen-bond acceptors (Lipinski definition) is 2. The predicted octanol–water partition coefficient (Wildman–Crippen LogP) is 1.46. The maximum absolute atomic E-state index is 5.62. The average Bonchev–Trinajstić information content (AvgIpc) is 1.94. The molecule has 0 heterocycles. The molecule has 0 saturated heterocycles. The SMILES string of the molecule is CN(C)CCC1(CCN)CCC1. The van der Waals surface area contributed by atoms with Gasteiger partial charge in [-0.3, -0.25) is 0 Å². The minimum absolute atomic E-state index is 0.638. The quantitative estimate of drug-likeness (QED) is 0.677. The lowest BCUT2D eigenvalue weighted by Gasteiger charge is -2.42. The van der Waals surface area contributed by atoms with Crippen LogP contribution in [0, 0.1) is 5.41 Å². The molecule has 1 saturated carbocycles. The molecule has 0 aliphatic heterocycles. The molecule has 0 aromatic heterocycles. The highest BCUT2D eigenvalue weighted by Crippen LogP contribution is 2.46. The first-order chi connectivity index (χ1) is 5.68. The lowest BCUT2D eigenvalue weighted by Crippen LogP contribution is -2.34. The summed E-state index contributed by atoms with van der Waals surface area (Å²) >= 11 is 0. The minimum atomic E-state index is 0.638. The Morgan fingerprint density at radius 2 is 1.92 bits per heavy atom. The molecule has 2 N–H and O–H groups in total. The standard InChI is InChI=1S/C10H22N2/c1-12(2)9-7-10(6-8-11)4-3-5-10/h3-9,11H2,1-2H3. The third-order valence-electron chi connectivity index (χ3n) is 3.18. The molecule has 0 radical (unpaired) electrons. The maximum atomic E-state index is 5.62. The third kappa shape index (κ3) is 2.46. The molecule has 0 atom stereocenters. The normalized spacial score (nSPS) is 21.0. The van der Waals surface area contributed by atoms with Gasteiger partial charge in [0, 0.05) is 0 Å². The summed E-state index contributed by atoms with van der Waals surface area (Å²) in [6.07, 6.45) is 6.83. The second-order valence-corrected chi connectivity index (χ2v) is 4.45. The molecule has 1 rings (SSSR count). The molecule has 0 spiro atoms. The second-order valence-electron chi connectivity index (χ2n) is 4.45. The van der Waals surface area contributed by atoms with E-state index in [4.69, 9.17) is 5.73 Å². The maximum Gasteiger partial charge on any atom is -0.00195 e. The summed E-state index contributed by atoms with van der Waals surface area (Å²) in [4.78, 5) is 2.27. The van der Waals surface area contributed by atoms with E-state index in [0.717, 1.165) is 6.54 Å². The van der Waals surface area contributed by atoms with E-state index in [1.807, 2.05) is 0 Å². The fourth-order valence-corrected chi connectivity index (χ4v) is 2.07. The van der Waals surface area contributed by atoms with E-state index in [9.17, 15) is 0 Å². The van der Waals surface area contributed by atoms with Crippen molar-refractivity contribution in [3.05, 3.63) is 0 Å². The van der Waals surface area contributed by atoms with E-state index < -0.39 is 0 Å². The van der Waals surface area contributed by atoms with Gasteiger partial charge in [-0.15, -0.1) is 0 Å². The molecule has 2 nitrogen and oxygen atoms in total. The van der Waals surface area contributed by atoms with Crippen LogP contribution in [-0.4, -0.2) is 32.1 Å². The van der Waals surface area contributed by atoms with Crippen molar-refractivity contribution < 1.29 is 0 Å². The van der Waals surface area contributed by atoms with Crippen molar-refractivity contribution in [2.45, 2.75) is 32.1 Å². The zero-order valence-corrected chi connectivity index (χ0v) is 8.47. The van der Waals surface area contributed by atoms with Gasteiger partial charge < -0.3 is 10.6 Å². The molecule has 0 unspecified atom stereocenters. The Hall–Kier alpha value is -0.0800. The molecule has 1 aliphatic carbocycles. The Bertz CT molecular complexity index is 128. The van der Waals surface area contributed by atoms with Crippen molar-refractivity contribution in [3.8, 4) is 0 Å². The fourth-order valence-electron chi connectivity index (χ4n) is 2.07. The summed E-state index contributed by atoms with van der Waals surface area (Å²) in [5, 5.41) is 0. The van der Waals surface area contributed by atoms with Crippen molar-refractivity contribution in [2.24, 2.45) is 11.1 Å². The zero-order chi connectivity index (χ0) is 9.03. The van der Waals surface area contributed by atoms with E-state index in [1.54, 1.807) is 0 Å². The molecular weight excluding hydrogens is 148 g/mol. The van der Waals surface area contributed by atoms with E-state index in [1.165, 1.54) is 38.6 Å². The van der Waals surface area contributed by atoms with E-state index in [2.05, 4.69) is 19.0 Å². The van der Waals surface area contributed by atoms with E-state index in [-0.39, 0.29) is 0 Å². The zero-order valence-electron chi connectivity index (χ0n) is 8.47. The van der Waals surface area contributed by atoms with Crippen LogP contribution in [0.15, 0.2) is 0 Å². The van der Waals surface area contributed by atoms with Gasteiger partial charge in [-0.05, 0) is 58.3 Å². The number of nitrogens with zero attached hydrogens (tertiary/aromatic N) is 1. The van der Waals surface area contributed by atoms with Crippen LogP contribution < -0.4 is 5.73 Å². The topological polar surface area (TPSA) is 29.3 Å². The van der Waals surface area contributed by atoms with Crippen LogP contribution in [0.4, 0.5) is 0 Å². The van der Waals surface area contributed by atoms with Crippen molar-refractivity contribution in [1.29, 1.82) is 0 Å². The second kappa shape index (κ2) is 4.24. The summed E-state index contributed by atoms with van der Waals surface area (Å²) in [7, 11) is 4.30. The first-order valence-electron chi connectivity index (χ1n) is 5.03. The summed E-state index contributed by atoms with van der Waals surface area (Å²) < 4.78 is 0. The van der Waals surface area contributed by atoms with Crippen LogP contribution >= 0.6 is 0 Å². The van der Waals surface area contributed by atoms with E-state index >= 15 is 0 Å². The van der Waals surface area contributed by atoms with Gasteiger partial charge in [-0.25, -0.2) is 0 Å². The number of hydrogen-bond donors (Lipinski definition) is 1. The number of nitrogens with two attached hydrogens (primary N) is 1. The Morgan fingerprint density at radius 1 is 1.25 bits per heavy atom. The fraction of sp³-hybridized carbons (Fsp3) is 1.00. The highest BCUT2D eigenvalue weighted by molar-refractivity contribution is 4.88. The van der Waals surface area contributed by atoms with Gasteiger partial charge in [-0.1, -0.05) is 6.42 Å². The first-order valence-corrected chi connectivity index (χ1v) is 5.03. The Balaban J connectivity index is 2.24. The first kappa shape index (κ1) is 10.0. The van der Waals surface area contributed by atoms with Gasteiger partial charge in [0.15, 0.2) is 0 Å². The van der Waals surface area contributed by atoms with Crippen molar-refractivity contribution in [1.82, 2.24) is 4.90 Å². The molecule has 2 heteroatoms. The van der Waals surface area contributed by atoms with Crippen LogP contribution in [0.2, 0.25) is 0 Å². The van der Waals surface area contributed by atoms with Crippen LogP contribution in [0.3, 0.4) is 0 Å². The van der Waals surface area contributed by atoms with E-state index in [0.29, 0.717) is 5.41 Å². The van der Waals surface area contributed by atoms with Gasteiger partial charge in [0.05, 0.1) is 0 Å². The molecule has 0 bridgehead atoms. The summed E-state index contributed by atoms with van der Waals surface area (Å²) in [5.74, 6) is 0. The molecule has 12 heavy (non-hydrogen) atoms. The van der Waals surface area contributed by atoms with Gasteiger partial charge in [0.2, 0.25) is 0 Å². The van der Waals surface area contributed by atoms with Crippen molar-refractivity contribution in [2.75, 3.05) is 27.2 Å². The monoisotopic (exact) mass is 170 g/mol. The predicted molar refractivity (Wildman–Crippen MR) is 53.1 cm³/mol. The highest BCUT2D eigenvalue weighted by Gasteiger charge is 2.35. The lowest BCUT2D eigenvalue weighted by molar-refractivity contribution is 0.0974. The number of rotatable bonds is 5. The van der Waals surface area contributed by atoms with Crippen LogP contribution in [0.1, 0.15) is 32.1 Å². The molecule has 1 fully saturated rings. The van der Waals surface area contributed by atoms with Crippen LogP contribution in [0.5, 0.6) is 0 Å². The lowest BCUT2D eigenvalue weighted by atomic mass is 9.64. The van der Waals surface area contributed by atoms with Crippen LogP contribution in [0.25, 0.3) is 0 Å². The van der Waals surface area contributed by atoms with Gasteiger partial charge in [0.1, 0.15) is 0 Å². The van der Waals surface area contributed by atoms with Gasteiger partial charge in [-0.2, -0.15) is 0 Å². The van der Waals surface area contributed by atoms with Gasteiger partial charge >= 0.3 is 0 Å². The van der Waals surface area contributed by atoms with Crippen molar-refractivity contribution >= 4 is 0 Å². The Labute approximate surface area is 76.1 Å². The molecule has 0 amide bonds. The Kier molecular flexibility index (Phi) is 3.53. The minimum Gasteiger partial charge on any atom is -0.330 e. The molecular formula is C10H22N2. The summed E-state index contributed by atoms with van der Waals surface area (Å²) in [6.45, 7) is 2.09. The molecule has 72 valence electrons. The van der Waals surface area contributed by atoms with Crippen LogP contribution in [-0.2, 0) is 0 Å². The summed E-state index contributed by atoms with van der Waals surface area (Å²) in [5.41, 5.74) is 6.25. The molecule has 0 aromatic rings. The summed E-state index contributed by atoms with van der Waals surface area (Å²) in [6, 6.07) is 0.